The second-order valence-electron chi connectivity index (χ2n) is 13.9. The van der Waals surface area contributed by atoms with Crippen LogP contribution in [0.1, 0.15) is 66.5 Å². The van der Waals surface area contributed by atoms with Crippen LogP contribution in [0.15, 0.2) is 103 Å². The third-order valence-electron chi connectivity index (χ3n) is 8.62. The Morgan fingerprint density at radius 2 is 1.53 bits per heavy atom. The normalized spacial score (nSPS) is 20.7. The Morgan fingerprint density at radius 3 is 2.12 bits per heavy atom. The zero-order valence-corrected chi connectivity index (χ0v) is 30.2. The van der Waals surface area contributed by atoms with Gasteiger partial charge >= 0.3 is 5.97 Å². The lowest BCUT2D eigenvalue weighted by Crippen LogP contribution is -2.35. The number of nitrogens with zero attached hydrogens (tertiary/aromatic N) is 3. The van der Waals surface area contributed by atoms with Crippen LogP contribution >= 0.6 is 0 Å². The number of likely N-dealkylation sites (tertiary alicyclic amines) is 1. The van der Waals surface area contributed by atoms with Crippen molar-refractivity contribution < 1.29 is 19.5 Å². The maximum absolute atomic E-state index is 12.9. The van der Waals surface area contributed by atoms with Crippen LogP contribution in [0.4, 0.5) is 0 Å². The van der Waals surface area contributed by atoms with E-state index in [9.17, 15) is 19.5 Å². The Morgan fingerprint density at radius 1 is 0.898 bits per heavy atom. The highest BCUT2D eigenvalue weighted by Gasteiger charge is 2.38. The van der Waals surface area contributed by atoms with E-state index in [0.29, 0.717) is 30.9 Å². The van der Waals surface area contributed by atoms with Gasteiger partial charge in [-0.25, -0.2) is 9.97 Å². The SMILES string of the molecule is CC.CC(Cc1ccc(-c2ncc(C3=CC=CC(C)(C)C=C3)cn2)cc1)C(=O)N1CC(C)C(C(=O)O)C1.CC1(C)C=CC=CC(C(N)=O)=C1. The molecule has 260 valence electrons. The van der Waals surface area contributed by atoms with Gasteiger partial charge in [-0.15, -0.1) is 0 Å². The second kappa shape index (κ2) is 17.0. The molecule has 1 aliphatic heterocycles. The molecule has 1 aromatic heterocycles. The summed E-state index contributed by atoms with van der Waals surface area (Å²) in [7, 11) is 0. The minimum atomic E-state index is -0.825. The van der Waals surface area contributed by atoms with Crippen molar-refractivity contribution in [2.45, 2.75) is 61.8 Å². The minimum absolute atomic E-state index is 0.0173. The molecule has 0 radical (unpaired) electrons. The average Bonchev–Trinajstić information content (AvgIpc) is 3.23. The highest BCUT2D eigenvalue weighted by atomic mass is 16.4. The summed E-state index contributed by atoms with van der Waals surface area (Å²) in [5, 5.41) is 9.33. The van der Waals surface area contributed by atoms with E-state index in [2.05, 4.69) is 54.2 Å². The molecule has 1 fully saturated rings. The lowest BCUT2D eigenvalue weighted by molar-refractivity contribution is -0.142. The van der Waals surface area contributed by atoms with E-state index in [0.717, 1.165) is 22.3 Å². The molecule has 2 aliphatic carbocycles. The number of hydrogen-bond donors (Lipinski definition) is 2. The third kappa shape index (κ3) is 11.1. The van der Waals surface area contributed by atoms with Gasteiger partial charge in [0.1, 0.15) is 0 Å². The molecule has 3 aliphatic rings. The Balaban J connectivity index is 0.000000390. The van der Waals surface area contributed by atoms with Crippen LogP contribution in [0.5, 0.6) is 0 Å². The van der Waals surface area contributed by atoms with E-state index < -0.39 is 11.9 Å². The summed E-state index contributed by atoms with van der Waals surface area (Å²) >= 11 is 0. The monoisotopic (exact) mass is 664 g/mol. The number of carbonyl (C=O) groups is 3. The number of carbonyl (C=O) groups excluding carboxylic acids is 2. The number of aliphatic carboxylic acids is 1. The fourth-order valence-electron chi connectivity index (χ4n) is 5.76. The smallest absolute Gasteiger partial charge is 0.308 e. The lowest BCUT2D eigenvalue weighted by atomic mass is 9.91. The summed E-state index contributed by atoms with van der Waals surface area (Å²) in [4.78, 5) is 46.0. The number of carboxylic acid groups (broad SMARTS) is 1. The molecule has 3 unspecified atom stereocenters. The summed E-state index contributed by atoms with van der Waals surface area (Å²) in [6.45, 7) is 17.0. The minimum Gasteiger partial charge on any atom is -0.481 e. The van der Waals surface area contributed by atoms with Crippen LogP contribution in [-0.4, -0.2) is 50.8 Å². The van der Waals surface area contributed by atoms with Crippen LogP contribution < -0.4 is 5.73 Å². The molecule has 2 amide bonds. The van der Waals surface area contributed by atoms with Crippen LogP contribution in [0, 0.1) is 28.6 Å². The van der Waals surface area contributed by atoms with Gasteiger partial charge < -0.3 is 15.7 Å². The van der Waals surface area contributed by atoms with Gasteiger partial charge in [0.15, 0.2) is 5.82 Å². The molecule has 3 N–H and O–H groups in total. The standard InChI is InChI=1S/C29H33N3O3.C10H13NO.C2H6/c1-19(27(33)32-17-20(2)25(18-32)28(34)35)14-21-7-9-23(10-8-21)26-30-15-24(16-31-26)22-6-5-12-29(3,4)13-11-22;1-10(2)6-4-3-5-8(7-10)9(11)12;1-2/h5-13,15-16,19-20,25H,14,17-18H2,1-4H3,(H,34,35);3-7H,1-2H3,(H2,11,12);1-2H3. The molecular weight excluding hydrogens is 612 g/mol. The predicted octanol–water partition coefficient (Wildman–Crippen LogP) is 7.61. The Labute approximate surface area is 291 Å². The van der Waals surface area contributed by atoms with Gasteiger partial charge in [-0.2, -0.15) is 0 Å². The number of carboxylic acids is 1. The van der Waals surface area contributed by atoms with Crippen molar-refractivity contribution in [1.82, 2.24) is 14.9 Å². The van der Waals surface area contributed by atoms with Gasteiger partial charge in [-0.1, -0.05) is 134 Å². The summed E-state index contributed by atoms with van der Waals surface area (Å²) in [5.41, 5.74) is 9.70. The maximum Gasteiger partial charge on any atom is 0.308 e. The number of primary amides is 1. The topological polar surface area (TPSA) is 126 Å². The Bertz CT molecular complexity index is 1660. The van der Waals surface area contributed by atoms with Gasteiger partial charge in [0.25, 0.3) is 0 Å². The molecule has 1 aromatic carbocycles. The number of rotatable bonds is 7. The fraction of sp³-hybridized carbons (Fsp3) is 0.390. The number of hydrogen-bond acceptors (Lipinski definition) is 5. The molecule has 8 heteroatoms. The third-order valence-corrected chi connectivity index (χ3v) is 8.62. The molecule has 3 atom stereocenters. The molecule has 8 nitrogen and oxygen atoms in total. The van der Waals surface area contributed by atoms with E-state index in [4.69, 9.17) is 5.73 Å². The molecule has 0 bridgehead atoms. The van der Waals surface area contributed by atoms with Crippen LogP contribution in [0.2, 0.25) is 0 Å². The van der Waals surface area contributed by atoms with Gasteiger partial charge in [0.05, 0.1) is 5.92 Å². The van der Waals surface area contributed by atoms with Gasteiger partial charge in [0.2, 0.25) is 11.8 Å². The van der Waals surface area contributed by atoms with Crippen molar-refractivity contribution in [1.29, 1.82) is 0 Å². The molecule has 0 spiro atoms. The van der Waals surface area contributed by atoms with E-state index >= 15 is 0 Å². The first-order valence-electron chi connectivity index (χ1n) is 17.0. The van der Waals surface area contributed by atoms with Crippen molar-refractivity contribution in [2.24, 2.45) is 34.3 Å². The molecule has 0 saturated carbocycles. The van der Waals surface area contributed by atoms with Gasteiger partial charge in [0, 0.05) is 58.9 Å². The molecular formula is C41H52N4O4. The van der Waals surface area contributed by atoms with E-state index in [1.165, 1.54) is 0 Å². The number of amides is 2. The predicted molar refractivity (Wildman–Crippen MR) is 198 cm³/mol. The lowest BCUT2D eigenvalue weighted by Gasteiger charge is -2.21. The highest BCUT2D eigenvalue weighted by molar-refractivity contribution is 5.95. The maximum atomic E-state index is 12.9. The second-order valence-corrected chi connectivity index (χ2v) is 13.9. The largest absolute Gasteiger partial charge is 0.481 e. The van der Waals surface area contributed by atoms with Crippen molar-refractivity contribution >= 4 is 23.4 Å². The van der Waals surface area contributed by atoms with Crippen LogP contribution in [0.3, 0.4) is 0 Å². The fourth-order valence-corrected chi connectivity index (χ4v) is 5.76. The van der Waals surface area contributed by atoms with Gasteiger partial charge in [-0.05, 0) is 29.6 Å². The quantitative estimate of drug-likeness (QED) is 0.314. The van der Waals surface area contributed by atoms with E-state index in [1.807, 2.05) is 103 Å². The molecule has 1 saturated heterocycles. The number of benzene rings is 1. The molecule has 2 aromatic rings. The summed E-state index contributed by atoms with van der Waals surface area (Å²) in [6.07, 6.45) is 24.3. The summed E-state index contributed by atoms with van der Waals surface area (Å²) in [5.74, 6) is -1.23. The molecule has 5 rings (SSSR count). The number of nitrogens with two attached hydrogens (primary N) is 1. The van der Waals surface area contributed by atoms with Crippen LogP contribution in [0.25, 0.3) is 17.0 Å². The van der Waals surface area contributed by atoms with E-state index in [1.54, 1.807) is 11.0 Å². The zero-order valence-electron chi connectivity index (χ0n) is 30.2. The Hall–Kier alpha value is -4.85. The van der Waals surface area contributed by atoms with E-state index in [-0.39, 0.29) is 34.5 Å². The molecule has 49 heavy (non-hydrogen) atoms. The van der Waals surface area contributed by atoms with Crippen molar-refractivity contribution in [3.8, 4) is 11.4 Å². The zero-order chi connectivity index (χ0) is 36.4. The highest BCUT2D eigenvalue weighted by Crippen LogP contribution is 2.28. The first-order chi connectivity index (χ1) is 23.1. The first kappa shape index (κ1) is 38.6. The summed E-state index contributed by atoms with van der Waals surface area (Å²) in [6, 6.07) is 7.98. The van der Waals surface area contributed by atoms with Crippen molar-refractivity contribution in [3.05, 3.63) is 114 Å². The number of allylic oxidation sites excluding steroid dienone is 10. The van der Waals surface area contributed by atoms with Crippen molar-refractivity contribution in [2.75, 3.05) is 13.1 Å². The summed E-state index contributed by atoms with van der Waals surface area (Å²) < 4.78 is 0. The average molecular weight is 665 g/mol. The van der Waals surface area contributed by atoms with Gasteiger partial charge in [-0.3, -0.25) is 14.4 Å². The number of aromatic nitrogens is 2. The molecule has 2 heterocycles. The first-order valence-corrected chi connectivity index (χ1v) is 17.0. The van der Waals surface area contributed by atoms with Crippen molar-refractivity contribution in [3.63, 3.8) is 0 Å². The Kier molecular flexibility index (Phi) is 13.4. The van der Waals surface area contributed by atoms with Crippen LogP contribution in [-0.2, 0) is 20.8 Å².